The number of hydrogen-bond acceptors (Lipinski definition) is 5. The fraction of sp³-hybridized carbons (Fsp3) is 0.278. The lowest BCUT2D eigenvalue weighted by Crippen LogP contribution is -2.01. The van der Waals surface area contributed by atoms with E-state index in [1.807, 2.05) is 48.1 Å². The molecule has 3 rings (SSSR count). The second-order valence-electron chi connectivity index (χ2n) is 5.37. The van der Waals surface area contributed by atoms with Crippen molar-refractivity contribution in [2.24, 2.45) is 0 Å². The van der Waals surface area contributed by atoms with E-state index in [2.05, 4.69) is 15.1 Å². The smallest absolute Gasteiger partial charge is 0.131 e. The Morgan fingerprint density at radius 3 is 2.58 bits per heavy atom. The average molecular weight is 324 g/mol. The highest BCUT2D eigenvalue weighted by molar-refractivity contribution is 5.61. The molecular formula is C18H20N4O2. The first-order valence-corrected chi connectivity index (χ1v) is 7.73. The van der Waals surface area contributed by atoms with Crippen molar-refractivity contribution in [3.63, 3.8) is 0 Å². The third-order valence-electron chi connectivity index (χ3n) is 3.75. The van der Waals surface area contributed by atoms with Crippen molar-refractivity contribution in [2.45, 2.75) is 13.3 Å². The van der Waals surface area contributed by atoms with Crippen molar-refractivity contribution >= 4 is 0 Å². The summed E-state index contributed by atoms with van der Waals surface area (Å²) in [6.45, 7) is 2.58. The molecule has 1 aromatic carbocycles. The summed E-state index contributed by atoms with van der Waals surface area (Å²) in [6, 6.07) is 9.68. The Morgan fingerprint density at radius 2 is 1.88 bits per heavy atom. The predicted octanol–water partition coefficient (Wildman–Crippen LogP) is 2.84. The van der Waals surface area contributed by atoms with Gasteiger partial charge in [-0.15, -0.1) is 0 Å². The van der Waals surface area contributed by atoms with E-state index in [0.717, 1.165) is 34.2 Å². The van der Waals surface area contributed by atoms with Crippen LogP contribution in [0, 0.1) is 6.92 Å². The Kier molecular flexibility index (Phi) is 4.86. The minimum atomic E-state index is 0.605. The van der Waals surface area contributed by atoms with Gasteiger partial charge in [0.2, 0.25) is 0 Å². The molecule has 0 N–H and O–H groups in total. The maximum Gasteiger partial charge on any atom is 0.131 e. The number of benzene rings is 1. The summed E-state index contributed by atoms with van der Waals surface area (Å²) in [5.41, 5.74) is 3.75. The van der Waals surface area contributed by atoms with Gasteiger partial charge in [0.05, 0.1) is 30.8 Å². The first-order chi connectivity index (χ1) is 11.7. The summed E-state index contributed by atoms with van der Waals surface area (Å²) in [7, 11) is 3.33. The van der Waals surface area contributed by atoms with Crippen LogP contribution in [0.4, 0.5) is 0 Å². The van der Waals surface area contributed by atoms with E-state index in [1.54, 1.807) is 20.4 Å². The second kappa shape index (κ2) is 7.23. The standard InChI is InChI=1S/C18H20N4O2/c1-13-16(17-8-10-19-18(20-17)9-11-23-2)12-22(21-13)14-4-6-15(24-3)7-5-14/h4-8,10,12H,9,11H2,1-3H3. The minimum absolute atomic E-state index is 0.605. The highest BCUT2D eigenvalue weighted by Gasteiger charge is 2.11. The summed E-state index contributed by atoms with van der Waals surface area (Å²) < 4.78 is 12.1. The first-order valence-electron chi connectivity index (χ1n) is 7.73. The molecule has 6 heteroatoms. The fourth-order valence-electron chi connectivity index (χ4n) is 2.44. The van der Waals surface area contributed by atoms with Crippen molar-refractivity contribution in [3.8, 4) is 22.7 Å². The quantitative estimate of drug-likeness (QED) is 0.698. The SMILES string of the molecule is COCCc1nccc(-c2cn(-c3ccc(OC)cc3)nc2C)n1. The number of nitrogens with zero attached hydrogens (tertiary/aromatic N) is 4. The number of aromatic nitrogens is 4. The Labute approximate surface area is 141 Å². The van der Waals surface area contributed by atoms with Gasteiger partial charge in [-0.05, 0) is 37.3 Å². The Morgan fingerprint density at radius 1 is 1.08 bits per heavy atom. The van der Waals surface area contributed by atoms with E-state index in [4.69, 9.17) is 9.47 Å². The minimum Gasteiger partial charge on any atom is -0.497 e. The van der Waals surface area contributed by atoms with Crippen LogP contribution in [-0.2, 0) is 11.2 Å². The maximum atomic E-state index is 5.19. The van der Waals surface area contributed by atoms with Gasteiger partial charge >= 0.3 is 0 Å². The van der Waals surface area contributed by atoms with Crippen LogP contribution >= 0.6 is 0 Å². The molecule has 0 radical (unpaired) electrons. The summed E-state index contributed by atoms with van der Waals surface area (Å²) in [5.74, 6) is 1.59. The van der Waals surface area contributed by atoms with E-state index >= 15 is 0 Å². The van der Waals surface area contributed by atoms with E-state index in [-0.39, 0.29) is 0 Å². The monoisotopic (exact) mass is 324 g/mol. The van der Waals surface area contributed by atoms with E-state index in [9.17, 15) is 0 Å². The highest BCUT2D eigenvalue weighted by Crippen LogP contribution is 2.23. The van der Waals surface area contributed by atoms with Crippen LogP contribution in [-0.4, -0.2) is 40.6 Å². The molecular weight excluding hydrogens is 304 g/mol. The van der Waals surface area contributed by atoms with Crippen molar-refractivity contribution in [3.05, 3.63) is 54.2 Å². The molecule has 6 nitrogen and oxygen atoms in total. The van der Waals surface area contributed by atoms with Gasteiger partial charge in [-0.2, -0.15) is 5.10 Å². The van der Waals surface area contributed by atoms with Gasteiger partial charge in [-0.25, -0.2) is 14.6 Å². The molecule has 0 spiro atoms. The summed E-state index contributed by atoms with van der Waals surface area (Å²) in [6.07, 6.45) is 4.45. The number of ether oxygens (including phenoxy) is 2. The van der Waals surface area contributed by atoms with Crippen LogP contribution in [0.1, 0.15) is 11.5 Å². The lowest BCUT2D eigenvalue weighted by molar-refractivity contribution is 0.200. The normalized spacial score (nSPS) is 10.8. The zero-order valence-electron chi connectivity index (χ0n) is 14.1. The van der Waals surface area contributed by atoms with E-state index in [0.29, 0.717) is 13.0 Å². The van der Waals surface area contributed by atoms with Gasteiger partial charge in [0.25, 0.3) is 0 Å². The Hall–Kier alpha value is -2.73. The van der Waals surface area contributed by atoms with Crippen molar-refractivity contribution in [2.75, 3.05) is 20.8 Å². The van der Waals surface area contributed by atoms with E-state index < -0.39 is 0 Å². The molecule has 24 heavy (non-hydrogen) atoms. The molecule has 0 bridgehead atoms. The lowest BCUT2D eigenvalue weighted by Gasteiger charge is -2.03. The van der Waals surface area contributed by atoms with Crippen LogP contribution < -0.4 is 4.74 Å². The van der Waals surface area contributed by atoms with Crippen LogP contribution in [0.25, 0.3) is 16.9 Å². The molecule has 0 amide bonds. The van der Waals surface area contributed by atoms with Crippen molar-refractivity contribution in [1.82, 2.24) is 19.7 Å². The van der Waals surface area contributed by atoms with Crippen molar-refractivity contribution < 1.29 is 9.47 Å². The lowest BCUT2D eigenvalue weighted by atomic mass is 10.2. The molecule has 0 aliphatic carbocycles. The molecule has 2 heterocycles. The molecule has 3 aromatic rings. The summed E-state index contributed by atoms with van der Waals surface area (Å²) in [4.78, 5) is 8.90. The van der Waals surface area contributed by atoms with Gasteiger partial charge in [0.15, 0.2) is 0 Å². The fourth-order valence-corrected chi connectivity index (χ4v) is 2.44. The van der Waals surface area contributed by atoms with Gasteiger partial charge in [0.1, 0.15) is 11.6 Å². The largest absolute Gasteiger partial charge is 0.497 e. The molecule has 0 saturated heterocycles. The van der Waals surface area contributed by atoms with Gasteiger partial charge in [-0.3, -0.25) is 0 Å². The Balaban J connectivity index is 1.91. The number of rotatable bonds is 6. The third-order valence-corrected chi connectivity index (χ3v) is 3.75. The van der Waals surface area contributed by atoms with E-state index in [1.165, 1.54) is 0 Å². The van der Waals surface area contributed by atoms with Crippen LogP contribution in [0.2, 0.25) is 0 Å². The first kappa shape index (κ1) is 16.1. The molecule has 0 unspecified atom stereocenters. The molecule has 0 atom stereocenters. The molecule has 0 fully saturated rings. The predicted molar refractivity (Wildman–Crippen MR) is 91.5 cm³/mol. The molecule has 0 aliphatic heterocycles. The summed E-state index contributed by atoms with van der Waals surface area (Å²) >= 11 is 0. The number of methoxy groups -OCH3 is 2. The summed E-state index contributed by atoms with van der Waals surface area (Å²) in [5, 5.41) is 4.60. The third kappa shape index (κ3) is 3.44. The Bertz CT molecular complexity index is 812. The van der Waals surface area contributed by atoms with Gasteiger partial charge in [-0.1, -0.05) is 0 Å². The molecule has 2 aromatic heterocycles. The van der Waals surface area contributed by atoms with Gasteiger partial charge < -0.3 is 9.47 Å². The zero-order valence-corrected chi connectivity index (χ0v) is 14.1. The van der Waals surface area contributed by atoms with Crippen LogP contribution in [0.5, 0.6) is 5.75 Å². The molecule has 0 aliphatic rings. The zero-order chi connectivity index (χ0) is 16.9. The molecule has 124 valence electrons. The highest BCUT2D eigenvalue weighted by atomic mass is 16.5. The number of aryl methyl sites for hydroxylation is 1. The maximum absolute atomic E-state index is 5.19. The number of hydrogen-bond donors (Lipinski definition) is 0. The van der Waals surface area contributed by atoms with Crippen LogP contribution in [0.15, 0.2) is 42.7 Å². The van der Waals surface area contributed by atoms with Gasteiger partial charge in [0, 0.05) is 31.5 Å². The topological polar surface area (TPSA) is 62.1 Å². The second-order valence-corrected chi connectivity index (χ2v) is 5.37. The van der Waals surface area contributed by atoms with Crippen LogP contribution in [0.3, 0.4) is 0 Å². The van der Waals surface area contributed by atoms with Crippen molar-refractivity contribution in [1.29, 1.82) is 0 Å². The molecule has 0 saturated carbocycles. The average Bonchev–Trinajstić information content (AvgIpc) is 3.02.